The number of rotatable bonds is 7. The van der Waals surface area contributed by atoms with Crippen LogP contribution in [0.4, 0.5) is 4.79 Å². The first-order chi connectivity index (χ1) is 17.0. The van der Waals surface area contributed by atoms with Gasteiger partial charge in [-0.25, -0.2) is 4.79 Å². The van der Waals surface area contributed by atoms with Crippen LogP contribution in [0.3, 0.4) is 0 Å². The molecule has 0 aliphatic heterocycles. The van der Waals surface area contributed by atoms with Crippen LogP contribution in [-0.4, -0.2) is 41.8 Å². The summed E-state index contributed by atoms with van der Waals surface area (Å²) in [6, 6.07) is 14.9. The van der Waals surface area contributed by atoms with Crippen molar-refractivity contribution in [3.05, 3.63) is 59.7 Å². The van der Waals surface area contributed by atoms with Crippen molar-refractivity contribution in [2.45, 2.75) is 62.9 Å². The van der Waals surface area contributed by atoms with Crippen LogP contribution in [0.15, 0.2) is 48.5 Å². The average Bonchev–Trinajstić information content (AvgIpc) is 3.41. The van der Waals surface area contributed by atoms with Crippen molar-refractivity contribution in [3.8, 4) is 11.1 Å². The molecule has 0 heterocycles. The van der Waals surface area contributed by atoms with Gasteiger partial charge >= 0.3 is 12.1 Å². The first-order valence-electron chi connectivity index (χ1n) is 12.6. The fraction of sp³-hybridized carbons (Fsp3) is 0.464. The minimum atomic E-state index is -1.18. The third-order valence-corrected chi connectivity index (χ3v) is 7.99. The van der Waals surface area contributed by atoms with Crippen molar-refractivity contribution in [3.63, 3.8) is 0 Å². The summed E-state index contributed by atoms with van der Waals surface area (Å²) in [5.74, 6) is -0.612. The van der Waals surface area contributed by atoms with Gasteiger partial charge in [-0.3, -0.25) is 9.59 Å². The SMILES string of the molecule is O=C(O)CC(NC(=O)OCC1c2ccccc2-c2ccccc21)C(=O)NC1CCC2CCCCC21. The molecular weight excluding hydrogens is 444 g/mol. The van der Waals surface area contributed by atoms with Crippen LogP contribution in [-0.2, 0) is 14.3 Å². The maximum atomic E-state index is 13.0. The minimum absolute atomic E-state index is 0.0495. The standard InChI is InChI=1S/C28H32N2O5/c31-26(32)15-25(27(33)29-24-14-13-17-7-1-2-8-18(17)24)30-28(34)35-16-23-21-11-5-3-9-19(21)20-10-4-6-12-22(20)23/h3-6,9-12,17-18,23-25H,1-2,7-8,13-16H2,(H,29,33)(H,30,34)(H,31,32). The molecule has 4 unspecified atom stereocenters. The van der Waals surface area contributed by atoms with Gasteiger partial charge in [0, 0.05) is 12.0 Å². The molecule has 2 saturated carbocycles. The molecular formula is C28H32N2O5. The van der Waals surface area contributed by atoms with Crippen molar-refractivity contribution in [2.24, 2.45) is 11.8 Å². The first kappa shape index (κ1) is 23.4. The molecule has 184 valence electrons. The fourth-order valence-corrected chi connectivity index (χ4v) is 6.36. The van der Waals surface area contributed by atoms with Gasteiger partial charge in [-0.05, 0) is 53.4 Å². The van der Waals surface area contributed by atoms with E-state index in [1.54, 1.807) is 0 Å². The molecule has 4 atom stereocenters. The maximum absolute atomic E-state index is 13.0. The summed E-state index contributed by atoms with van der Waals surface area (Å²) in [4.78, 5) is 37.1. The Balaban J connectivity index is 1.22. The molecule has 0 radical (unpaired) electrons. The van der Waals surface area contributed by atoms with Crippen molar-refractivity contribution < 1.29 is 24.2 Å². The Bertz CT molecular complexity index is 1070. The van der Waals surface area contributed by atoms with Crippen molar-refractivity contribution in [1.82, 2.24) is 10.6 Å². The third-order valence-electron chi connectivity index (χ3n) is 7.99. The predicted molar refractivity (Wildman–Crippen MR) is 131 cm³/mol. The van der Waals surface area contributed by atoms with E-state index in [0.29, 0.717) is 11.8 Å². The van der Waals surface area contributed by atoms with Crippen LogP contribution in [0.5, 0.6) is 0 Å². The lowest BCUT2D eigenvalue weighted by atomic mass is 9.80. The molecule has 7 heteroatoms. The number of aliphatic carboxylic acids is 1. The number of amides is 2. The van der Waals surface area contributed by atoms with Gasteiger partial charge in [-0.2, -0.15) is 0 Å². The van der Waals surface area contributed by atoms with Crippen LogP contribution in [0.25, 0.3) is 11.1 Å². The van der Waals surface area contributed by atoms with E-state index in [-0.39, 0.29) is 18.6 Å². The molecule has 2 amide bonds. The zero-order chi connectivity index (χ0) is 24.4. The van der Waals surface area contributed by atoms with Crippen LogP contribution in [0.1, 0.15) is 62.0 Å². The smallest absolute Gasteiger partial charge is 0.407 e. The lowest BCUT2D eigenvalue weighted by molar-refractivity contribution is -0.140. The molecule has 35 heavy (non-hydrogen) atoms. The molecule has 7 nitrogen and oxygen atoms in total. The Morgan fingerprint density at radius 2 is 1.57 bits per heavy atom. The Kier molecular flexibility index (Phi) is 6.75. The van der Waals surface area contributed by atoms with E-state index in [9.17, 15) is 19.5 Å². The second-order valence-electron chi connectivity index (χ2n) is 10.0. The number of carboxylic acids is 1. The molecule has 0 saturated heterocycles. The highest BCUT2D eigenvalue weighted by molar-refractivity contribution is 5.89. The second kappa shape index (κ2) is 10.1. The zero-order valence-corrected chi connectivity index (χ0v) is 19.7. The topological polar surface area (TPSA) is 105 Å². The highest BCUT2D eigenvalue weighted by Gasteiger charge is 2.39. The van der Waals surface area contributed by atoms with Crippen molar-refractivity contribution in [2.75, 3.05) is 6.61 Å². The van der Waals surface area contributed by atoms with Gasteiger partial charge in [-0.15, -0.1) is 0 Å². The highest BCUT2D eigenvalue weighted by atomic mass is 16.5. The number of carbonyl (C=O) groups excluding carboxylic acids is 2. The number of fused-ring (bicyclic) bond motifs is 4. The summed E-state index contributed by atoms with van der Waals surface area (Å²) in [6.07, 6.45) is 5.45. The highest BCUT2D eigenvalue weighted by Crippen LogP contribution is 2.44. The first-order valence-corrected chi connectivity index (χ1v) is 12.6. The van der Waals surface area contributed by atoms with Gasteiger partial charge < -0.3 is 20.5 Å². The van der Waals surface area contributed by atoms with Gasteiger partial charge in [0.1, 0.15) is 12.6 Å². The van der Waals surface area contributed by atoms with Gasteiger partial charge in [0.15, 0.2) is 0 Å². The molecule has 0 aromatic heterocycles. The summed E-state index contributed by atoms with van der Waals surface area (Å²) in [6.45, 7) is 0.105. The number of ether oxygens (including phenoxy) is 1. The fourth-order valence-electron chi connectivity index (χ4n) is 6.36. The molecule has 3 N–H and O–H groups in total. The van der Waals surface area contributed by atoms with Gasteiger partial charge in [0.05, 0.1) is 6.42 Å². The van der Waals surface area contributed by atoms with Gasteiger partial charge in [-0.1, -0.05) is 67.8 Å². The normalized spacial score (nSPS) is 23.5. The molecule has 2 fully saturated rings. The molecule has 0 bridgehead atoms. The Morgan fingerprint density at radius 1 is 0.914 bits per heavy atom. The zero-order valence-electron chi connectivity index (χ0n) is 19.7. The van der Waals surface area contributed by atoms with Crippen LogP contribution >= 0.6 is 0 Å². The molecule has 2 aromatic carbocycles. The Morgan fingerprint density at radius 3 is 2.26 bits per heavy atom. The molecule has 3 aliphatic carbocycles. The summed E-state index contributed by atoms with van der Waals surface area (Å²) in [5.41, 5.74) is 4.42. The van der Waals surface area contributed by atoms with Gasteiger partial charge in [0.25, 0.3) is 0 Å². The number of carboxylic acid groups (broad SMARTS) is 1. The molecule has 2 aromatic rings. The van der Waals surface area contributed by atoms with E-state index in [1.807, 2.05) is 36.4 Å². The minimum Gasteiger partial charge on any atom is -0.481 e. The van der Waals surface area contributed by atoms with Crippen molar-refractivity contribution >= 4 is 18.0 Å². The Hall–Kier alpha value is -3.35. The predicted octanol–water partition coefficient (Wildman–Crippen LogP) is 4.45. The largest absolute Gasteiger partial charge is 0.481 e. The van der Waals surface area contributed by atoms with E-state index in [4.69, 9.17) is 4.74 Å². The maximum Gasteiger partial charge on any atom is 0.407 e. The quantitative estimate of drug-likeness (QED) is 0.548. The van der Waals surface area contributed by atoms with E-state index in [1.165, 1.54) is 19.3 Å². The number of hydrogen-bond acceptors (Lipinski definition) is 4. The monoisotopic (exact) mass is 476 g/mol. The average molecular weight is 477 g/mol. The number of nitrogens with one attached hydrogen (secondary N) is 2. The summed E-state index contributed by atoms with van der Waals surface area (Å²) in [5, 5.41) is 14.9. The third kappa shape index (κ3) is 4.90. The summed E-state index contributed by atoms with van der Waals surface area (Å²) in [7, 11) is 0. The van der Waals surface area contributed by atoms with Crippen LogP contribution < -0.4 is 10.6 Å². The molecule has 0 spiro atoms. The van der Waals surface area contributed by atoms with Gasteiger partial charge in [0.2, 0.25) is 5.91 Å². The Labute approximate surface area is 205 Å². The number of carbonyl (C=O) groups is 3. The molecule has 5 rings (SSSR count). The van der Waals surface area contributed by atoms with Crippen LogP contribution in [0.2, 0.25) is 0 Å². The van der Waals surface area contributed by atoms with E-state index < -0.39 is 30.4 Å². The lowest BCUT2D eigenvalue weighted by Crippen LogP contribution is -2.51. The second-order valence-corrected chi connectivity index (χ2v) is 10.0. The molecule has 3 aliphatic rings. The van der Waals surface area contributed by atoms with E-state index in [2.05, 4.69) is 22.8 Å². The lowest BCUT2D eigenvalue weighted by Gasteiger charge is -2.30. The number of hydrogen-bond donors (Lipinski definition) is 3. The summed E-state index contributed by atoms with van der Waals surface area (Å²) < 4.78 is 5.53. The number of alkyl carbamates (subject to hydrolysis) is 1. The van der Waals surface area contributed by atoms with Crippen LogP contribution in [0, 0.1) is 11.8 Å². The van der Waals surface area contributed by atoms with E-state index >= 15 is 0 Å². The summed E-state index contributed by atoms with van der Waals surface area (Å²) >= 11 is 0. The number of benzene rings is 2. The van der Waals surface area contributed by atoms with Crippen molar-refractivity contribution in [1.29, 1.82) is 0 Å². The van der Waals surface area contributed by atoms with E-state index in [0.717, 1.165) is 41.5 Å².